The summed E-state index contributed by atoms with van der Waals surface area (Å²) in [6.45, 7) is 11.6. The van der Waals surface area contributed by atoms with Crippen molar-refractivity contribution < 1.29 is 0 Å². The van der Waals surface area contributed by atoms with Gasteiger partial charge in [0.15, 0.2) is 0 Å². The zero-order chi connectivity index (χ0) is 14.3. The molecule has 20 heavy (non-hydrogen) atoms. The summed E-state index contributed by atoms with van der Waals surface area (Å²) < 4.78 is 0. The first-order chi connectivity index (χ1) is 9.58. The normalized spacial score (nSPS) is 48.2. The van der Waals surface area contributed by atoms with Gasteiger partial charge in [0.1, 0.15) is 0 Å². The molecule has 0 nitrogen and oxygen atoms in total. The number of rotatable bonds is 2. The van der Waals surface area contributed by atoms with Crippen LogP contribution in [0.5, 0.6) is 0 Å². The molecular weight excluding hydrogens is 240 g/mol. The van der Waals surface area contributed by atoms with Crippen LogP contribution in [-0.4, -0.2) is 0 Å². The fourth-order valence-corrected chi connectivity index (χ4v) is 6.43. The van der Waals surface area contributed by atoms with E-state index in [9.17, 15) is 0 Å². The first-order valence-corrected chi connectivity index (χ1v) is 9.24. The highest BCUT2D eigenvalue weighted by Gasteiger charge is 2.50. The van der Waals surface area contributed by atoms with E-state index in [1.807, 2.05) is 0 Å². The SMILES string of the molecule is C=C(C)C1(C)CCC2C3CCCCC3CCC2C1CC. The minimum Gasteiger partial charge on any atom is -0.0996 e. The van der Waals surface area contributed by atoms with Crippen molar-refractivity contribution in [3.63, 3.8) is 0 Å². The molecule has 0 heterocycles. The average Bonchev–Trinajstić information content (AvgIpc) is 2.46. The largest absolute Gasteiger partial charge is 0.0996 e. The van der Waals surface area contributed by atoms with Gasteiger partial charge in [-0.1, -0.05) is 51.7 Å². The Bertz CT molecular complexity index is 368. The van der Waals surface area contributed by atoms with Crippen molar-refractivity contribution in [1.82, 2.24) is 0 Å². The van der Waals surface area contributed by atoms with Crippen molar-refractivity contribution >= 4 is 0 Å². The summed E-state index contributed by atoms with van der Waals surface area (Å²) in [4.78, 5) is 0. The second kappa shape index (κ2) is 5.50. The van der Waals surface area contributed by atoms with E-state index in [4.69, 9.17) is 0 Å². The summed E-state index contributed by atoms with van der Waals surface area (Å²) in [5, 5.41) is 0. The van der Waals surface area contributed by atoms with Crippen LogP contribution < -0.4 is 0 Å². The zero-order valence-corrected chi connectivity index (χ0v) is 14.0. The van der Waals surface area contributed by atoms with Gasteiger partial charge in [0, 0.05) is 0 Å². The Morgan fingerprint density at radius 3 is 2.45 bits per heavy atom. The highest BCUT2D eigenvalue weighted by Crippen LogP contribution is 2.59. The Morgan fingerprint density at radius 1 is 1.00 bits per heavy atom. The number of allylic oxidation sites excluding steroid dienone is 1. The van der Waals surface area contributed by atoms with Crippen molar-refractivity contribution in [2.45, 2.75) is 78.6 Å². The molecule has 0 bridgehead atoms. The average molecular weight is 274 g/mol. The van der Waals surface area contributed by atoms with Crippen LogP contribution in [0.4, 0.5) is 0 Å². The molecule has 0 N–H and O–H groups in total. The van der Waals surface area contributed by atoms with Crippen molar-refractivity contribution in [3.05, 3.63) is 12.2 Å². The second-order valence-corrected chi connectivity index (χ2v) is 8.36. The molecule has 3 saturated carbocycles. The third-order valence-electron chi connectivity index (χ3n) is 7.69. The molecule has 3 aliphatic rings. The molecule has 0 aromatic rings. The van der Waals surface area contributed by atoms with Gasteiger partial charge in [-0.05, 0) is 74.0 Å². The lowest BCUT2D eigenvalue weighted by Crippen LogP contribution is -2.48. The van der Waals surface area contributed by atoms with Gasteiger partial charge in [0.25, 0.3) is 0 Å². The van der Waals surface area contributed by atoms with Crippen molar-refractivity contribution in [1.29, 1.82) is 0 Å². The Hall–Kier alpha value is -0.260. The Labute approximate surface area is 126 Å². The topological polar surface area (TPSA) is 0 Å². The zero-order valence-electron chi connectivity index (χ0n) is 14.0. The molecule has 3 aliphatic carbocycles. The summed E-state index contributed by atoms with van der Waals surface area (Å²) in [6, 6.07) is 0. The lowest BCUT2D eigenvalue weighted by atomic mass is 9.48. The van der Waals surface area contributed by atoms with E-state index in [0.717, 1.165) is 29.6 Å². The highest BCUT2D eigenvalue weighted by atomic mass is 14.6. The molecule has 0 heteroatoms. The monoisotopic (exact) mass is 274 g/mol. The van der Waals surface area contributed by atoms with Crippen LogP contribution in [0.15, 0.2) is 12.2 Å². The predicted molar refractivity (Wildman–Crippen MR) is 87.6 cm³/mol. The van der Waals surface area contributed by atoms with Crippen molar-refractivity contribution in [2.75, 3.05) is 0 Å². The minimum absolute atomic E-state index is 0.428. The van der Waals surface area contributed by atoms with E-state index < -0.39 is 0 Å². The van der Waals surface area contributed by atoms with E-state index in [0.29, 0.717) is 5.41 Å². The number of hydrogen-bond donors (Lipinski definition) is 0. The molecule has 114 valence electrons. The summed E-state index contributed by atoms with van der Waals surface area (Å²) in [5.74, 6) is 5.16. The maximum absolute atomic E-state index is 4.37. The number of fused-ring (bicyclic) bond motifs is 3. The van der Waals surface area contributed by atoms with Crippen LogP contribution in [0.1, 0.15) is 78.6 Å². The fourth-order valence-electron chi connectivity index (χ4n) is 6.43. The maximum Gasteiger partial charge on any atom is -0.00908 e. The lowest BCUT2D eigenvalue weighted by molar-refractivity contribution is -0.0510. The number of hydrogen-bond acceptors (Lipinski definition) is 0. The van der Waals surface area contributed by atoms with E-state index in [1.165, 1.54) is 50.5 Å². The Kier molecular flexibility index (Phi) is 4.04. The second-order valence-electron chi connectivity index (χ2n) is 8.36. The van der Waals surface area contributed by atoms with Gasteiger partial charge in [0.2, 0.25) is 0 Å². The van der Waals surface area contributed by atoms with Gasteiger partial charge in [-0.25, -0.2) is 0 Å². The molecule has 0 saturated heterocycles. The standard InChI is InChI=1S/C20H34/c1-5-19-18-11-10-15-8-6-7-9-16(15)17(18)12-13-20(19,4)14(2)3/h15-19H,2,5-13H2,1,3-4H3. The summed E-state index contributed by atoms with van der Waals surface area (Å²) >= 11 is 0. The summed E-state index contributed by atoms with van der Waals surface area (Å²) in [6.07, 6.45) is 13.4. The fraction of sp³-hybridized carbons (Fsp3) is 0.900. The molecule has 0 spiro atoms. The van der Waals surface area contributed by atoms with Gasteiger partial charge >= 0.3 is 0 Å². The van der Waals surface area contributed by atoms with Crippen LogP contribution in [-0.2, 0) is 0 Å². The van der Waals surface area contributed by atoms with E-state index in [2.05, 4.69) is 27.4 Å². The van der Waals surface area contributed by atoms with Crippen molar-refractivity contribution in [2.24, 2.45) is 35.0 Å². The third kappa shape index (κ3) is 2.18. The van der Waals surface area contributed by atoms with Gasteiger partial charge in [-0.2, -0.15) is 0 Å². The molecule has 0 aromatic heterocycles. The molecule has 3 fully saturated rings. The molecular formula is C20H34. The smallest absolute Gasteiger partial charge is 0.00908 e. The molecule has 0 aliphatic heterocycles. The molecule has 6 unspecified atom stereocenters. The molecule has 0 radical (unpaired) electrons. The van der Waals surface area contributed by atoms with E-state index in [1.54, 1.807) is 12.8 Å². The van der Waals surface area contributed by atoms with E-state index in [-0.39, 0.29) is 0 Å². The van der Waals surface area contributed by atoms with Crippen LogP contribution in [0.25, 0.3) is 0 Å². The van der Waals surface area contributed by atoms with Crippen molar-refractivity contribution in [3.8, 4) is 0 Å². The Morgan fingerprint density at radius 2 is 1.75 bits per heavy atom. The van der Waals surface area contributed by atoms with Crippen LogP contribution >= 0.6 is 0 Å². The molecule has 3 rings (SSSR count). The Balaban J connectivity index is 1.84. The first kappa shape index (κ1) is 14.7. The van der Waals surface area contributed by atoms with Gasteiger partial charge in [-0.15, -0.1) is 0 Å². The van der Waals surface area contributed by atoms with Gasteiger partial charge in [-0.3, -0.25) is 0 Å². The highest BCUT2D eigenvalue weighted by molar-refractivity contribution is 5.13. The summed E-state index contributed by atoms with van der Waals surface area (Å²) in [5.41, 5.74) is 1.88. The van der Waals surface area contributed by atoms with Gasteiger partial charge in [0.05, 0.1) is 0 Å². The molecule has 6 atom stereocenters. The van der Waals surface area contributed by atoms with E-state index >= 15 is 0 Å². The third-order valence-corrected chi connectivity index (χ3v) is 7.69. The van der Waals surface area contributed by atoms with Crippen LogP contribution in [0, 0.1) is 35.0 Å². The molecule has 0 aromatic carbocycles. The van der Waals surface area contributed by atoms with Gasteiger partial charge < -0.3 is 0 Å². The molecule has 0 amide bonds. The predicted octanol–water partition coefficient (Wildman–Crippen LogP) is 6.22. The lowest BCUT2D eigenvalue weighted by Gasteiger charge is -2.57. The van der Waals surface area contributed by atoms with Crippen LogP contribution in [0.3, 0.4) is 0 Å². The summed E-state index contributed by atoms with van der Waals surface area (Å²) in [7, 11) is 0. The maximum atomic E-state index is 4.37. The minimum atomic E-state index is 0.428. The van der Waals surface area contributed by atoms with Crippen LogP contribution in [0.2, 0.25) is 0 Å². The first-order valence-electron chi connectivity index (χ1n) is 9.24. The quantitative estimate of drug-likeness (QED) is 0.524.